The summed E-state index contributed by atoms with van der Waals surface area (Å²) in [5, 5.41) is 21.7. The highest BCUT2D eigenvalue weighted by atomic mass is 35.5. The lowest BCUT2D eigenvalue weighted by molar-refractivity contribution is -0.385. The summed E-state index contributed by atoms with van der Waals surface area (Å²) in [6.45, 7) is 6.03. The fourth-order valence-electron chi connectivity index (χ4n) is 2.46. The second-order valence-electron chi connectivity index (χ2n) is 6.86. The van der Waals surface area contributed by atoms with E-state index in [1.165, 1.54) is 18.3 Å². The van der Waals surface area contributed by atoms with Gasteiger partial charge in [0.25, 0.3) is 5.69 Å². The molecule has 3 rings (SSSR count). The molecule has 2 aromatic rings. The molecule has 8 heteroatoms. The monoisotopic (exact) mass is 376 g/mol. The molecule has 0 amide bonds. The number of aromatic hydroxyl groups is 1. The predicted molar refractivity (Wildman–Crippen MR) is 98.3 cm³/mol. The summed E-state index contributed by atoms with van der Waals surface area (Å²) in [6.07, 6.45) is 1.30. The van der Waals surface area contributed by atoms with Gasteiger partial charge >= 0.3 is 0 Å². The van der Waals surface area contributed by atoms with E-state index in [1.54, 1.807) is 12.1 Å². The van der Waals surface area contributed by atoms with Crippen molar-refractivity contribution in [1.82, 2.24) is 0 Å². The van der Waals surface area contributed by atoms with Gasteiger partial charge in [-0.25, -0.2) is 0 Å². The van der Waals surface area contributed by atoms with Gasteiger partial charge in [0.05, 0.1) is 21.6 Å². The number of aliphatic imine (C=N–C) groups is 1. The molecule has 0 spiro atoms. The highest BCUT2D eigenvalue weighted by Crippen LogP contribution is 2.40. The molecule has 0 unspecified atom stereocenters. The summed E-state index contributed by atoms with van der Waals surface area (Å²) in [5.74, 6) is 0.538. The number of halogens is 1. The second-order valence-corrected chi connectivity index (χ2v) is 7.26. The van der Waals surface area contributed by atoms with Crippen LogP contribution in [0.15, 0.2) is 29.3 Å². The van der Waals surface area contributed by atoms with Crippen molar-refractivity contribution in [2.24, 2.45) is 4.99 Å². The fraction of sp³-hybridized carbons (Fsp3) is 0.278. The molecule has 1 aliphatic heterocycles. The van der Waals surface area contributed by atoms with Gasteiger partial charge in [0.1, 0.15) is 5.69 Å². The van der Waals surface area contributed by atoms with E-state index >= 15 is 0 Å². The van der Waals surface area contributed by atoms with Crippen LogP contribution in [0.2, 0.25) is 5.02 Å². The Morgan fingerprint density at radius 3 is 2.50 bits per heavy atom. The molecule has 1 aliphatic rings. The van der Waals surface area contributed by atoms with Crippen LogP contribution < -0.4 is 9.47 Å². The molecule has 0 atom stereocenters. The summed E-state index contributed by atoms with van der Waals surface area (Å²) >= 11 is 6.10. The van der Waals surface area contributed by atoms with Crippen LogP contribution in [-0.4, -0.2) is 23.0 Å². The molecule has 1 N–H and O–H groups in total. The van der Waals surface area contributed by atoms with Gasteiger partial charge in [-0.3, -0.25) is 15.1 Å². The lowest BCUT2D eigenvalue weighted by Gasteiger charge is -2.20. The number of benzene rings is 2. The van der Waals surface area contributed by atoms with Gasteiger partial charge in [0.15, 0.2) is 17.2 Å². The Balaban J connectivity index is 2.06. The van der Waals surface area contributed by atoms with Crippen LogP contribution >= 0.6 is 11.6 Å². The Morgan fingerprint density at radius 1 is 1.23 bits per heavy atom. The zero-order valence-corrected chi connectivity index (χ0v) is 15.2. The molecule has 1 heterocycles. The molecule has 7 nitrogen and oxygen atoms in total. The quantitative estimate of drug-likeness (QED) is 0.474. The number of nitro benzene ring substituents is 1. The number of phenols is 1. The molecule has 0 bridgehead atoms. The summed E-state index contributed by atoms with van der Waals surface area (Å²) in [5.41, 5.74) is 0.973. The molecule has 0 aromatic heterocycles. The van der Waals surface area contributed by atoms with Crippen LogP contribution in [0.3, 0.4) is 0 Å². The number of phenolic OH excluding ortho intramolecular Hbond substituents is 1. The van der Waals surface area contributed by atoms with Gasteiger partial charge < -0.3 is 14.6 Å². The minimum absolute atomic E-state index is 0.0110. The third kappa shape index (κ3) is 3.43. The minimum Gasteiger partial charge on any atom is -0.504 e. The van der Waals surface area contributed by atoms with Gasteiger partial charge in [-0.15, -0.1) is 0 Å². The van der Waals surface area contributed by atoms with Crippen molar-refractivity contribution >= 4 is 29.2 Å². The first-order chi connectivity index (χ1) is 12.2. The van der Waals surface area contributed by atoms with Gasteiger partial charge in [-0.1, -0.05) is 32.4 Å². The number of nitro groups is 1. The maximum Gasteiger partial charge on any atom is 0.282 e. The first-order valence-electron chi connectivity index (χ1n) is 7.82. The van der Waals surface area contributed by atoms with Crippen molar-refractivity contribution in [2.45, 2.75) is 26.2 Å². The maximum absolute atomic E-state index is 11.3. The van der Waals surface area contributed by atoms with E-state index in [9.17, 15) is 15.2 Å². The van der Waals surface area contributed by atoms with Crippen LogP contribution in [0.25, 0.3) is 0 Å². The Hall–Kier alpha value is -2.80. The first kappa shape index (κ1) is 18.0. The number of hydrogen-bond acceptors (Lipinski definition) is 6. The van der Waals surface area contributed by atoms with E-state index in [1.807, 2.05) is 20.8 Å². The van der Waals surface area contributed by atoms with E-state index < -0.39 is 4.92 Å². The van der Waals surface area contributed by atoms with Crippen LogP contribution in [0.4, 0.5) is 11.4 Å². The molecule has 0 aliphatic carbocycles. The summed E-state index contributed by atoms with van der Waals surface area (Å²) in [6, 6.07) is 6.16. The topological polar surface area (TPSA) is 94.2 Å². The van der Waals surface area contributed by atoms with Crippen LogP contribution in [0.1, 0.15) is 31.9 Å². The second kappa shape index (κ2) is 6.49. The Bertz CT molecular complexity index is 919. The molecule has 0 saturated carbocycles. The normalized spacial score (nSPS) is 13.4. The van der Waals surface area contributed by atoms with Crippen molar-refractivity contribution in [2.75, 3.05) is 6.79 Å². The average molecular weight is 377 g/mol. The molecule has 2 aromatic carbocycles. The number of rotatable bonds is 3. The summed E-state index contributed by atoms with van der Waals surface area (Å²) in [7, 11) is 0. The molecular formula is C18H17ClN2O5. The number of hydrogen-bond donors (Lipinski definition) is 1. The Labute approximate surface area is 155 Å². The van der Waals surface area contributed by atoms with E-state index in [0.29, 0.717) is 11.5 Å². The number of nitrogens with zero attached hydrogens (tertiary/aromatic N) is 2. The van der Waals surface area contributed by atoms with Crippen molar-refractivity contribution in [3.8, 4) is 17.2 Å². The molecule has 136 valence electrons. The van der Waals surface area contributed by atoms with Crippen molar-refractivity contribution in [3.63, 3.8) is 0 Å². The Kier molecular flexibility index (Phi) is 4.50. The van der Waals surface area contributed by atoms with Crippen molar-refractivity contribution in [3.05, 3.63) is 50.5 Å². The van der Waals surface area contributed by atoms with E-state index in [-0.39, 0.29) is 39.9 Å². The van der Waals surface area contributed by atoms with Crippen molar-refractivity contribution in [1.29, 1.82) is 0 Å². The lowest BCUT2D eigenvalue weighted by atomic mass is 9.87. The fourth-order valence-corrected chi connectivity index (χ4v) is 2.68. The highest BCUT2D eigenvalue weighted by molar-refractivity contribution is 6.32. The van der Waals surface area contributed by atoms with Crippen molar-refractivity contribution < 1.29 is 19.5 Å². The molecule has 0 saturated heterocycles. The van der Waals surface area contributed by atoms with Gasteiger partial charge in [-0.05, 0) is 29.2 Å². The van der Waals surface area contributed by atoms with Gasteiger partial charge in [0, 0.05) is 6.21 Å². The summed E-state index contributed by atoms with van der Waals surface area (Å²) < 4.78 is 10.4. The highest BCUT2D eigenvalue weighted by Gasteiger charge is 2.23. The predicted octanol–water partition coefficient (Wildman–Crippen LogP) is 4.73. The first-order valence-corrected chi connectivity index (χ1v) is 8.19. The largest absolute Gasteiger partial charge is 0.504 e. The molecule has 0 radical (unpaired) electrons. The standard InChI is InChI=1S/C18H17ClN2O5/c1-18(2,3)11-5-12(19)17(22)13(6-11)20-8-10-4-15-16(26-9-25-15)7-14(10)21(23)24/h4-8,22H,9H2,1-3H3. The zero-order valence-electron chi connectivity index (χ0n) is 14.4. The lowest BCUT2D eigenvalue weighted by Crippen LogP contribution is -2.10. The summed E-state index contributed by atoms with van der Waals surface area (Å²) in [4.78, 5) is 15.0. The number of fused-ring (bicyclic) bond motifs is 1. The van der Waals surface area contributed by atoms with Gasteiger partial charge in [0.2, 0.25) is 6.79 Å². The Morgan fingerprint density at radius 2 is 1.88 bits per heavy atom. The zero-order chi connectivity index (χ0) is 19.1. The van der Waals surface area contributed by atoms with Gasteiger partial charge in [-0.2, -0.15) is 0 Å². The third-order valence-electron chi connectivity index (χ3n) is 3.97. The van der Waals surface area contributed by atoms with Crippen LogP contribution in [-0.2, 0) is 5.41 Å². The third-order valence-corrected chi connectivity index (χ3v) is 4.26. The minimum atomic E-state index is -0.526. The molecule has 26 heavy (non-hydrogen) atoms. The molecular weight excluding hydrogens is 360 g/mol. The molecule has 0 fully saturated rings. The van der Waals surface area contributed by atoms with E-state index in [0.717, 1.165) is 5.56 Å². The van der Waals surface area contributed by atoms with E-state index in [2.05, 4.69) is 4.99 Å². The SMILES string of the molecule is CC(C)(C)c1cc(Cl)c(O)c(N=Cc2cc3c(cc2[N+](=O)[O-])OCO3)c1. The average Bonchev–Trinajstić information content (AvgIpc) is 3.01. The maximum atomic E-state index is 11.3. The smallest absolute Gasteiger partial charge is 0.282 e. The van der Waals surface area contributed by atoms with E-state index in [4.69, 9.17) is 21.1 Å². The van der Waals surface area contributed by atoms with Crippen LogP contribution in [0.5, 0.6) is 17.2 Å². The number of ether oxygens (including phenoxy) is 2. The van der Waals surface area contributed by atoms with Crippen LogP contribution in [0, 0.1) is 10.1 Å².